The van der Waals surface area contributed by atoms with Gasteiger partial charge in [-0.3, -0.25) is 9.79 Å². The van der Waals surface area contributed by atoms with Crippen LogP contribution in [0.4, 0.5) is 0 Å². The van der Waals surface area contributed by atoms with Crippen LogP contribution in [0.2, 0.25) is 0 Å². The van der Waals surface area contributed by atoms with Crippen LogP contribution in [-0.4, -0.2) is 29.6 Å². The van der Waals surface area contributed by atoms with Crippen molar-refractivity contribution in [3.63, 3.8) is 0 Å². The Labute approximate surface area is 153 Å². The van der Waals surface area contributed by atoms with Crippen molar-refractivity contribution in [2.45, 2.75) is 85.8 Å². The Morgan fingerprint density at radius 2 is 1.88 bits per heavy atom. The number of esters is 1. The Morgan fingerprint density at radius 3 is 2.36 bits per heavy atom. The molecule has 0 rings (SSSR count). The largest absolute Gasteiger partial charge is 0.457 e. The van der Waals surface area contributed by atoms with Crippen LogP contribution in [0.5, 0.6) is 0 Å². The SMILES string of the molecule is C/C=C\C(C=O)=N/C(C)C(CCC)CC/C(C)=C\C(=O)OC(C)(C)C. The molecular formula is C21H35NO3. The van der Waals surface area contributed by atoms with Crippen molar-refractivity contribution in [2.24, 2.45) is 10.9 Å². The standard InChI is InChI=1S/C21H35NO3/c1-8-10-18(17(4)22-19(15-23)11-9-2)13-12-16(3)14-20(24)25-21(5,6)7/h9,11,14-15,17-18H,8,10,12-13H2,1-7H3/b11-9-,16-14-,22-19+. The van der Waals surface area contributed by atoms with Crippen LogP contribution in [0.25, 0.3) is 0 Å². The molecule has 0 aliphatic heterocycles. The van der Waals surface area contributed by atoms with Crippen molar-refractivity contribution < 1.29 is 14.3 Å². The summed E-state index contributed by atoms with van der Waals surface area (Å²) >= 11 is 0. The number of allylic oxidation sites excluding steroid dienone is 3. The van der Waals surface area contributed by atoms with E-state index in [1.165, 1.54) is 0 Å². The highest BCUT2D eigenvalue weighted by atomic mass is 16.6. The van der Waals surface area contributed by atoms with Gasteiger partial charge >= 0.3 is 5.97 Å². The zero-order chi connectivity index (χ0) is 19.5. The van der Waals surface area contributed by atoms with Gasteiger partial charge in [0.1, 0.15) is 5.60 Å². The van der Waals surface area contributed by atoms with E-state index in [9.17, 15) is 9.59 Å². The number of rotatable bonds is 10. The lowest BCUT2D eigenvalue weighted by atomic mass is 9.90. The van der Waals surface area contributed by atoms with Gasteiger partial charge in [-0.05, 0) is 72.8 Å². The summed E-state index contributed by atoms with van der Waals surface area (Å²) in [5, 5.41) is 0. The molecule has 4 heteroatoms. The number of aliphatic imine (C=N–C) groups is 1. The quantitative estimate of drug-likeness (QED) is 0.239. The van der Waals surface area contributed by atoms with Crippen molar-refractivity contribution in [3.05, 3.63) is 23.8 Å². The van der Waals surface area contributed by atoms with E-state index in [-0.39, 0.29) is 12.0 Å². The molecule has 25 heavy (non-hydrogen) atoms. The number of carbonyl (C=O) groups is 2. The second-order valence-corrected chi connectivity index (χ2v) is 7.52. The van der Waals surface area contributed by atoms with E-state index in [1.54, 1.807) is 12.2 Å². The zero-order valence-electron chi connectivity index (χ0n) is 17.0. The number of ether oxygens (including phenoxy) is 1. The Hall–Kier alpha value is -1.71. The highest BCUT2D eigenvalue weighted by Crippen LogP contribution is 2.23. The molecule has 0 saturated heterocycles. The van der Waals surface area contributed by atoms with Gasteiger partial charge in [-0.1, -0.05) is 25.0 Å². The van der Waals surface area contributed by atoms with E-state index in [2.05, 4.69) is 18.8 Å². The molecule has 0 aromatic heterocycles. The lowest BCUT2D eigenvalue weighted by Crippen LogP contribution is -2.22. The second-order valence-electron chi connectivity index (χ2n) is 7.52. The predicted molar refractivity (Wildman–Crippen MR) is 105 cm³/mol. The average Bonchev–Trinajstić information content (AvgIpc) is 2.48. The molecule has 2 atom stereocenters. The van der Waals surface area contributed by atoms with Crippen LogP contribution < -0.4 is 0 Å². The molecule has 0 saturated carbocycles. The van der Waals surface area contributed by atoms with E-state index in [1.807, 2.05) is 40.7 Å². The van der Waals surface area contributed by atoms with Crippen molar-refractivity contribution >= 4 is 18.0 Å². The number of nitrogens with zero attached hydrogens (tertiary/aromatic N) is 1. The smallest absolute Gasteiger partial charge is 0.331 e. The average molecular weight is 350 g/mol. The molecule has 0 radical (unpaired) electrons. The molecule has 0 N–H and O–H groups in total. The minimum atomic E-state index is -0.472. The molecule has 0 bridgehead atoms. The molecule has 142 valence electrons. The summed E-state index contributed by atoms with van der Waals surface area (Å²) in [6.45, 7) is 13.6. The van der Waals surface area contributed by atoms with Crippen molar-refractivity contribution in [3.8, 4) is 0 Å². The first-order valence-corrected chi connectivity index (χ1v) is 9.18. The fraction of sp³-hybridized carbons (Fsp3) is 0.667. The third-order valence-electron chi connectivity index (χ3n) is 3.83. The molecule has 0 spiro atoms. The van der Waals surface area contributed by atoms with Crippen LogP contribution in [-0.2, 0) is 14.3 Å². The molecule has 0 heterocycles. The summed E-state index contributed by atoms with van der Waals surface area (Å²) in [5.41, 5.74) is 1.02. The van der Waals surface area contributed by atoms with Crippen LogP contribution in [0.15, 0.2) is 28.8 Å². The van der Waals surface area contributed by atoms with Gasteiger partial charge in [0.2, 0.25) is 0 Å². The van der Waals surface area contributed by atoms with Crippen LogP contribution in [0.3, 0.4) is 0 Å². The first kappa shape index (κ1) is 23.3. The molecule has 0 aromatic carbocycles. The summed E-state index contributed by atoms with van der Waals surface area (Å²) in [6.07, 6.45) is 9.82. The zero-order valence-corrected chi connectivity index (χ0v) is 17.0. The number of aldehydes is 1. The van der Waals surface area contributed by atoms with Crippen LogP contribution in [0, 0.1) is 5.92 Å². The van der Waals surface area contributed by atoms with E-state index in [4.69, 9.17) is 4.74 Å². The molecule has 0 aliphatic rings. The van der Waals surface area contributed by atoms with Gasteiger partial charge in [0.15, 0.2) is 6.29 Å². The van der Waals surface area contributed by atoms with Gasteiger partial charge < -0.3 is 4.74 Å². The maximum absolute atomic E-state index is 11.9. The fourth-order valence-corrected chi connectivity index (χ4v) is 2.64. The minimum Gasteiger partial charge on any atom is -0.457 e. The maximum Gasteiger partial charge on any atom is 0.331 e. The first-order chi connectivity index (χ1) is 11.6. The van der Waals surface area contributed by atoms with Gasteiger partial charge in [-0.25, -0.2) is 4.79 Å². The molecule has 0 fully saturated rings. The number of carbonyl (C=O) groups excluding carboxylic acids is 2. The van der Waals surface area contributed by atoms with Crippen LogP contribution in [0.1, 0.15) is 74.1 Å². The van der Waals surface area contributed by atoms with Gasteiger partial charge in [-0.2, -0.15) is 0 Å². The fourth-order valence-electron chi connectivity index (χ4n) is 2.64. The summed E-state index contributed by atoms with van der Waals surface area (Å²) in [7, 11) is 0. The Bertz CT molecular complexity index is 510. The summed E-state index contributed by atoms with van der Waals surface area (Å²) in [4.78, 5) is 27.5. The van der Waals surface area contributed by atoms with Gasteiger partial charge in [0.25, 0.3) is 0 Å². The van der Waals surface area contributed by atoms with Crippen molar-refractivity contribution in [1.29, 1.82) is 0 Å². The monoisotopic (exact) mass is 349 g/mol. The minimum absolute atomic E-state index is 0.0747. The number of hydrogen-bond acceptors (Lipinski definition) is 4. The van der Waals surface area contributed by atoms with E-state index in [0.29, 0.717) is 11.6 Å². The second kappa shape index (κ2) is 11.8. The molecule has 0 aliphatic carbocycles. The van der Waals surface area contributed by atoms with E-state index in [0.717, 1.165) is 37.5 Å². The van der Waals surface area contributed by atoms with Crippen molar-refractivity contribution in [2.75, 3.05) is 0 Å². The predicted octanol–water partition coefficient (Wildman–Crippen LogP) is 5.08. The lowest BCUT2D eigenvalue weighted by molar-refractivity contribution is -0.148. The topological polar surface area (TPSA) is 55.7 Å². The van der Waals surface area contributed by atoms with Gasteiger partial charge in [0.05, 0.1) is 11.8 Å². The Balaban J connectivity index is 4.86. The Kier molecular flexibility index (Phi) is 11.0. The Morgan fingerprint density at radius 1 is 1.24 bits per heavy atom. The highest BCUT2D eigenvalue weighted by molar-refractivity contribution is 6.33. The molecule has 2 unspecified atom stereocenters. The first-order valence-electron chi connectivity index (χ1n) is 9.18. The summed E-state index contributed by atoms with van der Waals surface area (Å²) < 4.78 is 5.32. The van der Waals surface area contributed by atoms with E-state index < -0.39 is 5.60 Å². The summed E-state index contributed by atoms with van der Waals surface area (Å²) in [6, 6.07) is 0.0747. The van der Waals surface area contributed by atoms with E-state index >= 15 is 0 Å². The van der Waals surface area contributed by atoms with Crippen LogP contribution >= 0.6 is 0 Å². The number of hydrogen-bond donors (Lipinski definition) is 0. The third-order valence-corrected chi connectivity index (χ3v) is 3.83. The van der Waals surface area contributed by atoms with Gasteiger partial charge in [0, 0.05) is 6.08 Å². The maximum atomic E-state index is 11.9. The highest BCUT2D eigenvalue weighted by Gasteiger charge is 2.17. The molecule has 0 amide bonds. The summed E-state index contributed by atoms with van der Waals surface area (Å²) in [5.74, 6) is 0.0895. The third kappa shape index (κ3) is 11.5. The van der Waals surface area contributed by atoms with Gasteiger partial charge in [-0.15, -0.1) is 0 Å². The van der Waals surface area contributed by atoms with Crippen molar-refractivity contribution in [1.82, 2.24) is 0 Å². The molecular weight excluding hydrogens is 314 g/mol. The normalized spacial score (nSPS) is 16.0. The molecule has 4 nitrogen and oxygen atoms in total. The lowest BCUT2D eigenvalue weighted by Gasteiger charge is -2.21. The molecule has 0 aromatic rings.